The third-order valence-corrected chi connectivity index (χ3v) is 2.61. The fourth-order valence-electron chi connectivity index (χ4n) is 1.17. The molecule has 1 unspecified atom stereocenters. The second-order valence-electron chi connectivity index (χ2n) is 3.08. The number of H-pyrrole nitrogens is 1. The van der Waals surface area contributed by atoms with Crippen LogP contribution in [0.1, 0.15) is 18.8 Å². The summed E-state index contributed by atoms with van der Waals surface area (Å²) in [6.45, 7) is 1.94. The molecule has 0 aliphatic heterocycles. The first-order valence-electron chi connectivity index (χ1n) is 4.65. The van der Waals surface area contributed by atoms with E-state index in [4.69, 9.17) is 0 Å². The summed E-state index contributed by atoms with van der Waals surface area (Å²) in [5.74, 6) is 1.35. The lowest BCUT2D eigenvalue weighted by Crippen LogP contribution is -2.10. The Hall–Kier alpha value is -1.70. The predicted molar refractivity (Wildman–Crippen MR) is 60.0 cm³/mol. The van der Waals surface area contributed by atoms with E-state index in [2.05, 4.69) is 35.9 Å². The van der Waals surface area contributed by atoms with Crippen molar-refractivity contribution in [3.05, 3.63) is 18.2 Å². The number of anilines is 1. The predicted octanol–water partition coefficient (Wildman–Crippen LogP) is 0.885. The van der Waals surface area contributed by atoms with Crippen molar-refractivity contribution >= 4 is 17.6 Å². The molecule has 0 fully saturated rings. The average Bonchev–Trinajstić information content (AvgIpc) is 2.83. The number of nitrogens with zero attached hydrogens (tertiary/aromatic N) is 5. The third-order valence-electron chi connectivity index (χ3n) is 1.96. The second kappa shape index (κ2) is 4.88. The Morgan fingerprint density at radius 3 is 3.00 bits per heavy atom. The van der Waals surface area contributed by atoms with E-state index in [0.29, 0.717) is 5.82 Å². The average molecular weight is 237 g/mol. The minimum atomic E-state index is -0.0524. The minimum absolute atomic E-state index is 0.0524. The normalized spacial score (nSPS) is 12.4. The lowest BCUT2D eigenvalue weighted by molar-refractivity contribution is 0.785. The molecule has 0 bridgehead atoms. The van der Waals surface area contributed by atoms with Gasteiger partial charge in [-0.15, -0.1) is 22.0 Å². The molecular weight excluding hydrogens is 226 g/mol. The van der Waals surface area contributed by atoms with E-state index in [1.54, 1.807) is 11.8 Å². The molecule has 2 N–H and O–H groups in total. The van der Waals surface area contributed by atoms with Gasteiger partial charge in [0.2, 0.25) is 0 Å². The van der Waals surface area contributed by atoms with Gasteiger partial charge in [0.05, 0.1) is 6.04 Å². The highest BCUT2D eigenvalue weighted by atomic mass is 32.2. The molecule has 0 saturated carbocycles. The molecular formula is C8H11N7S. The highest BCUT2D eigenvalue weighted by molar-refractivity contribution is 7.98. The molecule has 2 aromatic rings. The summed E-state index contributed by atoms with van der Waals surface area (Å²) in [5, 5.41) is 17.8. The van der Waals surface area contributed by atoms with Crippen LogP contribution in [-0.2, 0) is 0 Å². The first-order chi connectivity index (χ1) is 7.79. The van der Waals surface area contributed by atoms with Gasteiger partial charge >= 0.3 is 0 Å². The molecule has 84 valence electrons. The van der Waals surface area contributed by atoms with Crippen LogP contribution in [0.25, 0.3) is 0 Å². The van der Waals surface area contributed by atoms with Crippen LogP contribution < -0.4 is 5.32 Å². The van der Waals surface area contributed by atoms with Gasteiger partial charge in [-0.3, -0.25) is 0 Å². The van der Waals surface area contributed by atoms with E-state index in [1.165, 1.54) is 6.33 Å². The van der Waals surface area contributed by atoms with E-state index in [9.17, 15) is 0 Å². The molecule has 0 aliphatic carbocycles. The number of rotatable bonds is 4. The Kier molecular flexibility index (Phi) is 3.30. The van der Waals surface area contributed by atoms with Gasteiger partial charge in [-0.05, 0) is 13.2 Å². The number of nitrogens with one attached hydrogen (secondary N) is 2. The van der Waals surface area contributed by atoms with Gasteiger partial charge in [0.25, 0.3) is 0 Å². The van der Waals surface area contributed by atoms with Crippen molar-refractivity contribution in [2.24, 2.45) is 0 Å². The third kappa shape index (κ3) is 2.45. The molecule has 2 aromatic heterocycles. The van der Waals surface area contributed by atoms with E-state index >= 15 is 0 Å². The number of aromatic amines is 1. The molecule has 0 aliphatic rings. The van der Waals surface area contributed by atoms with Crippen molar-refractivity contribution < 1.29 is 0 Å². The van der Waals surface area contributed by atoms with E-state index in [1.807, 2.05) is 19.2 Å². The smallest absolute Gasteiger partial charge is 0.196 e. The van der Waals surface area contributed by atoms with Gasteiger partial charge in [0.15, 0.2) is 5.82 Å². The minimum Gasteiger partial charge on any atom is -0.360 e. The lowest BCUT2D eigenvalue weighted by Gasteiger charge is -2.10. The van der Waals surface area contributed by atoms with Crippen molar-refractivity contribution in [1.29, 1.82) is 0 Å². The SMILES string of the molecule is CSc1cc(NC(C)c2nn[nH]n2)ncn1. The largest absolute Gasteiger partial charge is 0.360 e. The monoisotopic (exact) mass is 237 g/mol. The fourth-order valence-corrected chi connectivity index (χ4v) is 1.55. The van der Waals surface area contributed by atoms with Crippen molar-refractivity contribution in [3.63, 3.8) is 0 Å². The first kappa shape index (κ1) is 10.8. The topological polar surface area (TPSA) is 92.3 Å². The fraction of sp³-hybridized carbons (Fsp3) is 0.375. The number of hydrogen-bond acceptors (Lipinski definition) is 7. The number of tetrazole rings is 1. The summed E-state index contributed by atoms with van der Waals surface area (Å²) >= 11 is 1.57. The maximum absolute atomic E-state index is 4.12. The lowest BCUT2D eigenvalue weighted by atomic mass is 10.3. The summed E-state index contributed by atoms with van der Waals surface area (Å²) in [7, 11) is 0. The van der Waals surface area contributed by atoms with Gasteiger partial charge in [0.1, 0.15) is 17.2 Å². The van der Waals surface area contributed by atoms with Crippen LogP contribution in [-0.4, -0.2) is 36.8 Å². The van der Waals surface area contributed by atoms with Crippen LogP contribution in [0.2, 0.25) is 0 Å². The van der Waals surface area contributed by atoms with Gasteiger partial charge < -0.3 is 5.32 Å². The van der Waals surface area contributed by atoms with E-state index in [-0.39, 0.29) is 6.04 Å². The Bertz CT molecular complexity index is 443. The molecule has 0 amide bonds. The van der Waals surface area contributed by atoms with E-state index < -0.39 is 0 Å². The van der Waals surface area contributed by atoms with Crippen LogP contribution in [0.5, 0.6) is 0 Å². The summed E-state index contributed by atoms with van der Waals surface area (Å²) in [6, 6.07) is 1.82. The van der Waals surface area contributed by atoms with Crippen molar-refractivity contribution in [2.45, 2.75) is 18.0 Å². The van der Waals surface area contributed by atoms with Crippen molar-refractivity contribution in [1.82, 2.24) is 30.6 Å². The highest BCUT2D eigenvalue weighted by Crippen LogP contribution is 2.17. The van der Waals surface area contributed by atoms with Gasteiger partial charge in [-0.2, -0.15) is 5.21 Å². The summed E-state index contributed by atoms with van der Waals surface area (Å²) in [5.41, 5.74) is 0. The molecule has 7 nitrogen and oxygen atoms in total. The van der Waals surface area contributed by atoms with E-state index in [0.717, 1.165) is 10.8 Å². The Labute approximate surface area is 96.5 Å². The highest BCUT2D eigenvalue weighted by Gasteiger charge is 2.10. The number of hydrogen-bond donors (Lipinski definition) is 2. The quantitative estimate of drug-likeness (QED) is 0.602. The molecule has 2 heterocycles. The maximum Gasteiger partial charge on any atom is 0.196 e. The van der Waals surface area contributed by atoms with Crippen LogP contribution in [0.15, 0.2) is 17.4 Å². The summed E-state index contributed by atoms with van der Waals surface area (Å²) < 4.78 is 0. The standard InChI is InChI=1S/C8H11N7S/c1-5(8-12-14-15-13-8)11-6-3-7(16-2)10-4-9-6/h3-5H,1-2H3,(H,9,10,11)(H,12,13,14,15). The number of aromatic nitrogens is 6. The second-order valence-corrected chi connectivity index (χ2v) is 3.91. The van der Waals surface area contributed by atoms with Crippen molar-refractivity contribution in [3.8, 4) is 0 Å². The Morgan fingerprint density at radius 2 is 2.31 bits per heavy atom. The van der Waals surface area contributed by atoms with Crippen molar-refractivity contribution in [2.75, 3.05) is 11.6 Å². The molecule has 1 atom stereocenters. The Morgan fingerprint density at radius 1 is 1.44 bits per heavy atom. The van der Waals surface area contributed by atoms with Gasteiger partial charge in [0, 0.05) is 6.07 Å². The number of thioether (sulfide) groups is 1. The van der Waals surface area contributed by atoms with Crippen LogP contribution in [0.3, 0.4) is 0 Å². The molecule has 0 saturated heterocycles. The summed E-state index contributed by atoms with van der Waals surface area (Å²) in [4.78, 5) is 8.21. The van der Waals surface area contributed by atoms with Crippen LogP contribution in [0, 0.1) is 0 Å². The van der Waals surface area contributed by atoms with Crippen LogP contribution >= 0.6 is 11.8 Å². The molecule has 0 spiro atoms. The molecule has 0 radical (unpaired) electrons. The van der Waals surface area contributed by atoms with Gasteiger partial charge in [-0.25, -0.2) is 9.97 Å². The molecule has 0 aromatic carbocycles. The molecule has 16 heavy (non-hydrogen) atoms. The molecule has 8 heteroatoms. The zero-order chi connectivity index (χ0) is 11.4. The summed E-state index contributed by atoms with van der Waals surface area (Å²) in [6.07, 6.45) is 3.49. The Balaban J connectivity index is 2.08. The van der Waals surface area contributed by atoms with Crippen LogP contribution in [0.4, 0.5) is 5.82 Å². The molecule has 2 rings (SSSR count). The first-order valence-corrected chi connectivity index (χ1v) is 5.88. The zero-order valence-electron chi connectivity index (χ0n) is 8.88. The van der Waals surface area contributed by atoms with Gasteiger partial charge in [-0.1, -0.05) is 5.21 Å². The zero-order valence-corrected chi connectivity index (χ0v) is 9.69. The maximum atomic E-state index is 4.12.